The average Bonchev–Trinajstić information content (AvgIpc) is 2.91. The molecule has 3 aliphatic rings. The van der Waals surface area contributed by atoms with Gasteiger partial charge in [-0.2, -0.15) is 0 Å². The standard InChI is InChI=1S/C21H39N3O15/c1-5(28)18(33)24-11-15(32)17(38-20-10(23)13(30)12(29)6(2-25)36-20)8(4-27)37-21(11)39-16-7(3-26)35-19(34)9(22)14(16)31/h5-17,19-21,25-32,34H,2-4,22-23H2,1H3,(H,24,33)/t5?,6-,7-,8-,9-,10-,11-,12-,13-,14-,15-,16?,17?,19-,20+,21+/m1/s1. The van der Waals surface area contributed by atoms with Crippen LogP contribution in [0.3, 0.4) is 0 Å². The molecule has 0 aromatic carbocycles. The Morgan fingerprint density at radius 3 is 1.85 bits per heavy atom. The predicted molar refractivity (Wildman–Crippen MR) is 123 cm³/mol. The quantitative estimate of drug-likeness (QED) is 0.122. The first-order chi connectivity index (χ1) is 18.4. The molecule has 3 heterocycles. The number of amides is 1. The summed E-state index contributed by atoms with van der Waals surface area (Å²) in [7, 11) is 0. The van der Waals surface area contributed by atoms with Gasteiger partial charge in [-0.1, -0.05) is 0 Å². The minimum Gasteiger partial charge on any atom is -0.394 e. The van der Waals surface area contributed by atoms with E-state index in [0.29, 0.717) is 0 Å². The van der Waals surface area contributed by atoms with Gasteiger partial charge in [0.1, 0.15) is 67.1 Å². The molecular formula is C21H39N3O15. The largest absolute Gasteiger partial charge is 0.394 e. The minimum atomic E-state index is -1.79. The van der Waals surface area contributed by atoms with E-state index in [-0.39, 0.29) is 0 Å². The fourth-order valence-electron chi connectivity index (χ4n) is 4.60. The molecule has 228 valence electrons. The number of carbonyl (C=O) groups is 1. The highest BCUT2D eigenvalue weighted by atomic mass is 16.7. The van der Waals surface area contributed by atoms with Crippen molar-refractivity contribution in [1.82, 2.24) is 5.32 Å². The van der Waals surface area contributed by atoms with Crippen LogP contribution in [0.25, 0.3) is 0 Å². The molecule has 3 aliphatic heterocycles. The minimum absolute atomic E-state index is 0.713. The van der Waals surface area contributed by atoms with Crippen LogP contribution in [0.15, 0.2) is 0 Å². The maximum absolute atomic E-state index is 12.4. The monoisotopic (exact) mass is 573 g/mol. The number of nitrogens with two attached hydrogens (primary N) is 2. The van der Waals surface area contributed by atoms with E-state index in [2.05, 4.69) is 5.32 Å². The van der Waals surface area contributed by atoms with Gasteiger partial charge in [-0.15, -0.1) is 0 Å². The molecule has 3 unspecified atom stereocenters. The molecule has 1 amide bonds. The van der Waals surface area contributed by atoms with Gasteiger partial charge >= 0.3 is 0 Å². The van der Waals surface area contributed by atoms with E-state index in [1.807, 2.05) is 0 Å². The molecule has 0 aromatic rings. The Kier molecular flexibility index (Phi) is 11.3. The van der Waals surface area contributed by atoms with Crippen molar-refractivity contribution in [3.05, 3.63) is 0 Å². The highest BCUT2D eigenvalue weighted by Crippen LogP contribution is 2.31. The number of rotatable bonds is 9. The van der Waals surface area contributed by atoms with Gasteiger partial charge in [0, 0.05) is 0 Å². The molecule has 3 rings (SSSR count). The highest BCUT2D eigenvalue weighted by Gasteiger charge is 2.53. The molecule has 3 fully saturated rings. The fraction of sp³-hybridized carbons (Fsp3) is 0.952. The fourth-order valence-corrected chi connectivity index (χ4v) is 4.60. The Labute approximate surface area is 222 Å². The van der Waals surface area contributed by atoms with Crippen molar-refractivity contribution in [2.24, 2.45) is 11.5 Å². The van der Waals surface area contributed by atoms with Crippen molar-refractivity contribution in [2.45, 2.75) is 105 Å². The van der Waals surface area contributed by atoms with Crippen LogP contribution >= 0.6 is 0 Å². The van der Waals surface area contributed by atoms with E-state index in [9.17, 15) is 50.8 Å². The van der Waals surface area contributed by atoms with Gasteiger partial charge < -0.3 is 86.4 Å². The van der Waals surface area contributed by atoms with Crippen molar-refractivity contribution in [2.75, 3.05) is 19.8 Å². The summed E-state index contributed by atoms with van der Waals surface area (Å²) < 4.78 is 27.8. The Bertz CT molecular complexity index is 794. The van der Waals surface area contributed by atoms with Crippen LogP contribution in [0.1, 0.15) is 6.92 Å². The summed E-state index contributed by atoms with van der Waals surface area (Å²) in [6.07, 6.45) is -20.0. The van der Waals surface area contributed by atoms with Crippen LogP contribution in [0.4, 0.5) is 0 Å². The van der Waals surface area contributed by atoms with Gasteiger partial charge in [-0.25, -0.2) is 0 Å². The summed E-state index contributed by atoms with van der Waals surface area (Å²) in [5, 5.41) is 93.1. The summed E-state index contributed by atoms with van der Waals surface area (Å²) >= 11 is 0. The van der Waals surface area contributed by atoms with Gasteiger partial charge in [0.25, 0.3) is 0 Å². The lowest BCUT2D eigenvalue weighted by molar-refractivity contribution is -0.350. The summed E-state index contributed by atoms with van der Waals surface area (Å²) in [5.74, 6) is -0.978. The zero-order valence-corrected chi connectivity index (χ0v) is 21.0. The molecule has 0 radical (unpaired) electrons. The smallest absolute Gasteiger partial charge is 0.249 e. The number of ether oxygens (including phenoxy) is 5. The van der Waals surface area contributed by atoms with Crippen molar-refractivity contribution in [1.29, 1.82) is 0 Å². The van der Waals surface area contributed by atoms with Crippen molar-refractivity contribution < 1.29 is 74.4 Å². The van der Waals surface area contributed by atoms with Crippen molar-refractivity contribution in [3.8, 4) is 0 Å². The molecule has 18 nitrogen and oxygen atoms in total. The second kappa shape index (κ2) is 13.7. The van der Waals surface area contributed by atoms with Crippen LogP contribution in [-0.4, -0.2) is 170 Å². The number of aliphatic hydroxyl groups is 9. The van der Waals surface area contributed by atoms with Crippen LogP contribution < -0.4 is 16.8 Å². The number of carbonyl (C=O) groups excluding carboxylic acids is 1. The lowest BCUT2D eigenvalue weighted by atomic mass is 9.94. The molecule has 18 heteroatoms. The Morgan fingerprint density at radius 2 is 1.28 bits per heavy atom. The van der Waals surface area contributed by atoms with Crippen molar-refractivity contribution in [3.63, 3.8) is 0 Å². The Hall–Kier alpha value is -1.17. The third-order valence-electron chi connectivity index (χ3n) is 6.97. The maximum Gasteiger partial charge on any atom is 0.249 e. The molecule has 3 saturated heterocycles. The molecule has 39 heavy (non-hydrogen) atoms. The Balaban J connectivity index is 1.87. The first kappa shape index (κ1) is 32.3. The topological polar surface area (TPSA) is 309 Å². The van der Waals surface area contributed by atoms with E-state index >= 15 is 0 Å². The zero-order valence-electron chi connectivity index (χ0n) is 21.0. The zero-order chi connectivity index (χ0) is 29.2. The normalized spacial score (nSPS) is 47.9. The van der Waals surface area contributed by atoms with Gasteiger partial charge in [0.15, 0.2) is 18.9 Å². The second-order valence-corrected chi connectivity index (χ2v) is 9.73. The van der Waals surface area contributed by atoms with Gasteiger partial charge in [0.2, 0.25) is 5.91 Å². The van der Waals surface area contributed by atoms with Gasteiger partial charge in [-0.05, 0) is 6.92 Å². The second-order valence-electron chi connectivity index (χ2n) is 9.73. The third kappa shape index (κ3) is 6.84. The van der Waals surface area contributed by atoms with E-state index in [1.54, 1.807) is 0 Å². The Morgan fingerprint density at radius 1 is 0.769 bits per heavy atom. The van der Waals surface area contributed by atoms with E-state index in [4.69, 9.17) is 35.2 Å². The molecule has 16 atom stereocenters. The summed E-state index contributed by atoms with van der Waals surface area (Å²) in [6.45, 7) is -1.11. The third-order valence-corrected chi connectivity index (χ3v) is 6.97. The van der Waals surface area contributed by atoms with E-state index in [1.165, 1.54) is 0 Å². The number of nitrogens with one attached hydrogen (secondary N) is 1. The van der Waals surface area contributed by atoms with Crippen LogP contribution in [0.2, 0.25) is 0 Å². The van der Waals surface area contributed by atoms with Crippen molar-refractivity contribution >= 4 is 5.91 Å². The first-order valence-electron chi connectivity index (χ1n) is 12.4. The lowest BCUT2D eigenvalue weighted by Gasteiger charge is -2.49. The van der Waals surface area contributed by atoms with E-state index < -0.39 is 124 Å². The maximum atomic E-state index is 12.4. The molecule has 0 bridgehead atoms. The molecule has 0 aliphatic carbocycles. The predicted octanol–water partition coefficient (Wildman–Crippen LogP) is -8.14. The molecule has 0 aromatic heterocycles. The van der Waals surface area contributed by atoms with Crippen LogP contribution in [-0.2, 0) is 28.5 Å². The van der Waals surface area contributed by atoms with Crippen LogP contribution in [0, 0.1) is 0 Å². The van der Waals surface area contributed by atoms with Crippen LogP contribution in [0.5, 0.6) is 0 Å². The first-order valence-corrected chi connectivity index (χ1v) is 12.4. The number of hydrogen-bond donors (Lipinski definition) is 12. The van der Waals surface area contributed by atoms with Gasteiger partial charge in [-0.3, -0.25) is 4.79 Å². The molecule has 14 N–H and O–H groups in total. The van der Waals surface area contributed by atoms with Gasteiger partial charge in [0.05, 0.1) is 31.9 Å². The van der Waals surface area contributed by atoms with E-state index in [0.717, 1.165) is 6.92 Å². The molecule has 0 spiro atoms. The molecular weight excluding hydrogens is 534 g/mol. The number of aliphatic hydroxyl groups excluding tert-OH is 9. The highest BCUT2D eigenvalue weighted by molar-refractivity contribution is 5.80. The summed E-state index contributed by atoms with van der Waals surface area (Å²) in [4.78, 5) is 12.4. The lowest BCUT2D eigenvalue weighted by Crippen LogP contribution is -2.70. The molecule has 0 saturated carbocycles. The SMILES string of the molecule is CC(O)C(=O)N[C@H]1[C@H](OC2[C@@H](CO)O[C@@H](O)[C@H](N)[C@H]2O)O[C@H](CO)C(O[C@@H]2O[C@H](CO)[C@@H](O)[C@H](O)[C@H]2N)[C@@H]1O. The average molecular weight is 574 g/mol. The summed E-state index contributed by atoms with van der Waals surface area (Å²) in [6, 6.07) is -4.30. The number of hydrogen-bond acceptors (Lipinski definition) is 17. The summed E-state index contributed by atoms with van der Waals surface area (Å²) in [5.41, 5.74) is 11.6.